The first-order valence-electron chi connectivity index (χ1n) is 4.76. The van der Waals surface area contributed by atoms with E-state index < -0.39 is 10.0 Å². The lowest BCUT2D eigenvalue weighted by Gasteiger charge is -2.11. The van der Waals surface area contributed by atoms with Crippen molar-refractivity contribution in [1.82, 2.24) is 4.72 Å². The van der Waals surface area contributed by atoms with Crippen LogP contribution >= 0.6 is 0 Å². The smallest absolute Gasteiger partial charge is 0.214 e. The van der Waals surface area contributed by atoms with E-state index in [-0.39, 0.29) is 5.25 Å². The SMILES string of the molecule is C=CCCNS(=O)(=O)C1CCCC1. The quantitative estimate of drug-likeness (QED) is 0.542. The van der Waals surface area contributed by atoms with Gasteiger partial charge >= 0.3 is 0 Å². The fourth-order valence-electron chi connectivity index (χ4n) is 1.62. The second-order valence-electron chi connectivity index (χ2n) is 3.42. The van der Waals surface area contributed by atoms with Crippen LogP contribution in [0.1, 0.15) is 32.1 Å². The first kappa shape index (κ1) is 10.7. The van der Waals surface area contributed by atoms with Gasteiger partial charge in [0.25, 0.3) is 0 Å². The fourth-order valence-corrected chi connectivity index (χ4v) is 3.21. The van der Waals surface area contributed by atoms with Gasteiger partial charge in [-0.15, -0.1) is 6.58 Å². The first-order chi connectivity index (χ1) is 6.17. The Bertz CT molecular complexity index is 253. The third-order valence-corrected chi connectivity index (χ3v) is 4.35. The van der Waals surface area contributed by atoms with E-state index in [1.54, 1.807) is 6.08 Å². The minimum absolute atomic E-state index is 0.141. The van der Waals surface area contributed by atoms with Gasteiger partial charge in [0.15, 0.2) is 0 Å². The molecule has 0 aromatic carbocycles. The van der Waals surface area contributed by atoms with E-state index >= 15 is 0 Å². The maximum absolute atomic E-state index is 11.6. The Morgan fingerprint density at radius 2 is 2.00 bits per heavy atom. The van der Waals surface area contributed by atoms with Crippen LogP contribution in [0.15, 0.2) is 12.7 Å². The normalized spacial score (nSPS) is 19.1. The molecule has 0 heterocycles. The lowest BCUT2D eigenvalue weighted by molar-refractivity contribution is 0.565. The van der Waals surface area contributed by atoms with Gasteiger partial charge in [0, 0.05) is 6.54 Å². The van der Waals surface area contributed by atoms with Gasteiger partial charge in [-0.2, -0.15) is 0 Å². The first-order valence-corrected chi connectivity index (χ1v) is 6.31. The molecule has 1 N–H and O–H groups in total. The molecule has 3 nitrogen and oxygen atoms in total. The van der Waals surface area contributed by atoms with Crippen LogP contribution in [0, 0.1) is 0 Å². The molecule has 4 heteroatoms. The highest BCUT2D eigenvalue weighted by molar-refractivity contribution is 7.90. The molecule has 1 fully saturated rings. The van der Waals surface area contributed by atoms with Crippen molar-refractivity contribution in [2.24, 2.45) is 0 Å². The average molecular weight is 203 g/mol. The molecule has 13 heavy (non-hydrogen) atoms. The molecule has 1 saturated carbocycles. The van der Waals surface area contributed by atoms with Crippen molar-refractivity contribution in [3.8, 4) is 0 Å². The van der Waals surface area contributed by atoms with Crippen molar-refractivity contribution in [3.63, 3.8) is 0 Å². The van der Waals surface area contributed by atoms with Gasteiger partial charge in [0.2, 0.25) is 10.0 Å². The zero-order chi connectivity index (χ0) is 9.73. The summed E-state index contributed by atoms with van der Waals surface area (Å²) in [7, 11) is -3.03. The Balaban J connectivity index is 2.40. The largest absolute Gasteiger partial charge is 0.215 e. The molecular weight excluding hydrogens is 186 g/mol. The average Bonchev–Trinajstić information content (AvgIpc) is 2.56. The van der Waals surface area contributed by atoms with Crippen molar-refractivity contribution >= 4 is 10.0 Å². The van der Waals surface area contributed by atoms with Crippen LogP contribution in [-0.2, 0) is 10.0 Å². The van der Waals surface area contributed by atoms with Gasteiger partial charge in [-0.1, -0.05) is 18.9 Å². The molecule has 0 aromatic rings. The molecule has 0 bridgehead atoms. The number of hydrogen-bond donors (Lipinski definition) is 1. The molecule has 0 unspecified atom stereocenters. The van der Waals surface area contributed by atoms with Crippen molar-refractivity contribution < 1.29 is 8.42 Å². The summed E-state index contributed by atoms with van der Waals surface area (Å²) in [5, 5.41) is -0.141. The molecule has 1 rings (SSSR count). The molecular formula is C9H17NO2S. The molecule has 76 valence electrons. The highest BCUT2D eigenvalue weighted by Gasteiger charge is 2.27. The van der Waals surface area contributed by atoms with E-state index in [0.29, 0.717) is 13.0 Å². The Labute approximate surface area is 80.3 Å². The fraction of sp³-hybridized carbons (Fsp3) is 0.778. The molecule has 0 aliphatic heterocycles. The van der Waals surface area contributed by atoms with Crippen LogP contribution in [0.5, 0.6) is 0 Å². The van der Waals surface area contributed by atoms with Crippen molar-refractivity contribution in [3.05, 3.63) is 12.7 Å². The lowest BCUT2D eigenvalue weighted by atomic mass is 10.4. The van der Waals surface area contributed by atoms with Crippen molar-refractivity contribution in [1.29, 1.82) is 0 Å². The van der Waals surface area contributed by atoms with Crippen LogP contribution < -0.4 is 4.72 Å². The Morgan fingerprint density at radius 1 is 1.38 bits per heavy atom. The van der Waals surface area contributed by atoms with Crippen LogP contribution in [0.4, 0.5) is 0 Å². The highest BCUT2D eigenvalue weighted by Crippen LogP contribution is 2.23. The second kappa shape index (κ2) is 4.77. The molecule has 0 radical (unpaired) electrons. The standard InChI is InChI=1S/C9H17NO2S/c1-2-3-8-10-13(11,12)9-6-4-5-7-9/h2,9-10H,1,3-8H2. The molecule has 0 atom stereocenters. The number of rotatable bonds is 5. The molecule has 0 spiro atoms. The summed E-state index contributed by atoms with van der Waals surface area (Å²) < 4.78 is 25.7. The molecule has 1 aliphatic rings. The van der Waals surface area contributed by atoms with Gasteiger partial charge < -0.3 is 0 Å². The van der Waals surface area contributed by atoms with Crippen LogP contribution in [-0.4, -0.2) is 20.2 Å². The summed E-state index contributed by atoms with van der Waals surface area (Å²) >= 11 is 0. The van der Waals surface area contributed by atoms with Gasteiger partial charge in [0.1, 0.15) is 0 Å². The minimum Gasteiger partial charge on any atom is -0.215 e. The predicted molar refractivity (Wildman–Crippen MR) is 54.0 cm³/mol. The van der Waals surface area contributed by atoms with Crippen LogP contribution in [0.25, 0.3) is 0 Å². The van der Waals surface area contributed by atoms with Gasteiger partial charge in [0.05, 0.1) is 5.25 Å². The van der Waals surface area contributed by atoms with Crippen molar-refractivity contribution in [2.45, 2.75) is 37.4 Å². The Morgan fingerprint density at radius 3 is 2.54 bits per heavy atom. The maximum Gasteiger partial charge on any atom is 0.214 e. The third-order valence-electron chi connectivity index (χ3n) is 2.39. The van der Waals surface area contributed by atoms with E-state index in [9.17, 15) is 8.42 Å². The van der Waals surface area contributed by atoms with Gasteiger partial charge in [-0.25, -0.2) is 13.1 Å². The molecule has 0 amide bonds. The number of hydrogen-bond acceptors (Lipinski definition) is 2. The zero-order valence-corrected chi connectivity index (χ0v) is 8.65. The number of sulfonamides is 1. The van der Waals surface area contributed by atoms with Gasteiger partial charge in [-0.05, 0) is 19.3 Å². The second-order valence-corrected chi connectivity index (χ2v) is 5.47. The summed E-state index contributed by atoms with van der Waals surface area (Å²) in [6.45, 7) is 4.03. The summed E-state index contributed by atoms with van der Waals surface area (Å²) in [6, 6.07) is 0. The van der Waals surface area contributed by atoms with Gasteiger partial charge in [-0.3, -0.25) is 0 Å². The zero-order valence-electron chi connectivity index (χ0n) is 7.83. The van der Waals surface area contributed by atoms with E-state index in [0.717, 1.165) is 25.7 Å². The van der Waals surface area contributed by atoms with Crippen molar-refractivity contribution in [2.75, 3.05) is 6.54 Å². The monoisotopic (exact) mass is 203 g/mol. The maximum atomic E-state index is 11.6. The lowest BCUT2D eigenvalue weighted by Crippen LogP contribution is -2.33. The third kappa shape index (κ3) is 3.12. The van der Waals surface area contributed by atoms with Crippen LogP contribution in [0.2, 0.25) is 0 Å². The minimum atomic E-state index is -3.03. The van der Waals surface area contributed by atoms with E-state index in [1.807, 2.05) is 0 Å². The molecule has 1 aliphatic carbocycles. The Hall–Kier alpha value is -0.350. The summed E-state index contributed by atoms with van der Waals surface area (Å²) in [4.78, 5) is 0. The van der Waals surface area contributed by atoms with Crippen LogP contribution in [0.3, 0.4) is 0 Å². The Kier molecular flexibility index (Phi) is 3.93. The predicted octanol–water partition coefficient (Wildman–Crippen LogP) is 1.42. The molecule has 0 aromatic heterocycles. The van der Waals surface area contributed by atoms with E-state index in [2.05, 4.69) is 11.3 Å². The van der Waals surface area contributed by atoms with E-state index in [4.69, 9.17) is 0 Å². The highest BCUT2D eigenvalue weighted by atomic mass is 32.2. The summed E-state index contributed by atoms with van der Waals surface area (Å²) in [6.07, 6.45) is 6.16. The number of nitrogens with one attached hydrogen (secondary N) is 1. The summed E-state index contributed by atoms with van der Waals surface area (Å²) in [5.74, 6) is 0. The topological polar surface area (TPSA) is 46.2 Å². The summed E-state index contributed by atoms with van der Waals surface area (Å²) in [5.41, 5.74) is 0. The van der Waals surface area contributed by atoms with E-state index in [1.165, 1.54) is 0 Å². The molecule has 0 saturated heterocycles.